The summed E-state index contributed by atoms with van der Waals surface area (Å²) in [7, 11) is 0. The summed E-state index contributed by atoms with van der Waals surface area (Å²) in [4.78, 5) is 4.48. The SMILES string of the molecule is Brc1ccc(Cc2noc(Br)n2)cc1. The Morgan fingerprint density at radius 3 is 2.43 bits per heavy atom. The number of hydrogen-bond donors (Lipinski definition) is 0. The smallest absolute Gasteiger partial charge is 0.293 e. The van der Waals surface area contributed by atoms with Crippen molar-refractivity contribution in [2.75, 3.05) is 0 Å². The second-order valence-electron chi connectivity index (χ2n) is 2.77. The van der Waals surface area contributed by atoms with Gasteiger partial charge in [0.2, 0.25) is 0 Å². The van der Waals surface area contributed by atoms with Gasteiger partial charge in [-0.2, -0.15) is 4.98 Å². The number of hydrogen-bond acceptors (Lipinski definition) is 3. The summed E-state index contributed by atoms with van der Waals surface area (Å²) in [5, 5.41) is 3.79. The van der Waals surface area contributed by atoms with E-state index in [4.69, 9.17) is 4.52 Å². The molecule has 0 saturated heterocycles. The van der Waals surface area contributed by atoms with Crippen molar-refractivity contribution in [2.24, 2.45) is 0 Å². The van der Waals surface area contributed by atoms with Gasteiger partial charge >= 0.3 is 0 Å². The van der Waals surface area contributed by atoms with Crippen LogP contribution in [0, 0.1) is 0 Å². The molecule has 2 aromatic rings. The van der Waals surface area contributed by atoms with Crippen LogP contribution >= 0.6 is 31.9 Å². The van der Waals surface area contributed by atoms with Crippen molar-refractivity contribution >= 4 is 31.9 Å². The minimum Gasteiger partial charge on any atom is -0.327 e. The highest BCUT2D eigenvalue weighted by Gasteiger charge is 2.03. The predicted molar refractivity (Wildman–Crippen MR) is 58.9 cm³/mol. The molecular formula is C9H6Br2N2O. The molecule has 5 heteroatoms. The third kappa shape index (κ3) is 2.42. The molecule has 0 saturated carbocycles. The van der Waals surface area contributed by atoms with E-state index in [9.17, 15) is 0 Å². The highest BCUT2D eigenvalue weighted by atomic mass is 79.9. The summed E-state index contributed by atoms with van der Waals surface area (Å²) in [5.74, 6) is 0.680. The molecule has 0 fully saturated rings. The molecular weight excluding hydrogens is 312 g/mol. The Labute approximate surface area is 97.8 Å². The van der Waals surface area contributed by atoms with E-state index in [0.717, 1.165) is 10.0 Å². The number of aromatic nitrogens is 2. The Morgan fingerprint density at radius 1 is 1.14 bits per heavy atom. The number of nitrogens with zero attached hydrogens (tertiary/aromatic N) is 2. The molecule has 0 bridgehead atoms. The highest BCUT2D eigenvalue weighted by Crippen LogP contribution is 2.13. The van der Waals surface area contributed by atoms with Crippen LogP contribution in [0.4, 0.5) is 0 Å². The van der Waals surface area contributed by atoms with Crippen LogP contribution in [0.5, 0.6) is 0 Å². The Hall–Kier alpha value is -0.680. The highest BCUT2D eigenvalue weighted by molar-refractivity contribution is 9.10. The quantitative estimate of drug-likeness (QED) is 0.854. The van der Waals surface area contributed by atoms with Crippen LogP contribution in [0.3, 0.4) is 0 Å². The fourth-order valence-electron chi connectivity index (χ4n) is 1.09. The van der Waals surface area contributed by atoms with Crippen LogP contribution in [0.15, 0.2) is 38.1 Å². The molecule has 1 aromatic carbocycles. The lowest BCUT2D eigenvalue weighted by atomic mass is 10.1. The molecule has 1 heterocycles. The summed E-state index contributed by atoms with van der Waals surface area (Å²) >= 11 is 6.49. The van der Waals surface area contributed by atoms with E-state index in [1.54, 1.807) is 0 Å². The summed E-state index contributed by atoms with van der Waals surface area (Å²) in [6, 6.07) is 8.03. The Bertz CT molecular complexity index is 425. The second kappa shape index (κ2) is 4.23. The molecule has 0 aliphatic heterocycles. The minimum absolute atomic E-state index is 0.421. The number of benzene rings is 1. The third-order valence-electron chi connectivity index (χ3n) is 1.72. The number of halogens is 2. The van der Waals surface area contributed by atoms with Gasteiger partial charge in [-0.3, -0.25) is 0 Å². The Kier molecular flexibility index (Phi) is 2.98. The Morgan fingerprint density at radius 2 is 1.86 bits per heavy atom. The van der Waals surface area contributed by atoms with E-state index in [1.807, 2.05) is 24.3 Å². The predicted octanol–water partition coefficient (Wildman–Crippen LogP) is 3.19. The van der Waals surface area contributed by atoms with Crippen LogP contribution in [-0.4, -0.2) is 10.1 Å². The summed E-state index contributed by atoms with van der Waals surface area (Å²) in [6.07, 6.45) is 0.683. The van der Waals surface area contributed by atoms with Gasteiger partial charge in [-0.1, -0.05) is 33.2 Å². The summed E-state index contributed by atoms with van der Waals surface area (Å²) < 4.78 is 5.87. The van der Waals surface area contributed by atoms with Gasteiger partial charge in [-0.05, 0) is 17.7 Å². The molecule has 0 N–H and O–H groups in total. The lowest BCUT2D eigenvalue weighted by Gasteiger charge is -1.95. The maximum Gasteiger partial charge on any atom is 0.293 e. The minimum atomic E-state index is 0.421. The van der Waals surface area contributed by atoms with Crippen molar-refractivity contribution in [1.82, 2.24) is 10.1 Å². The van der Waals surface area contributed by atoms with Crippen LogP contribution in [-0.2, 0) is 6.42 Å². The average molecular weight is 318 g/mol. The standard InChI is InChI=1S/C9H6Br2N2O/c10-7-3-1-6(2-4-7)5-8-12-9(11)14-13-8/h1-4H,5H2. The van der Waals surface area contributed by atoms with Gasteiger partial charge in [0, 0.05) is 26.8 Å². The van der Waals surface area contributed by atoms with Gasteiger partial charge < -0.3 is 4.52 Å². The second-order valence-corrected chi connectivity index (χ2v) is 4.36. The van der Waals surface area contributed by atoms with Crippen LogP contribution in [0.1, 0.15) is 11.4 Å². The van der Waals surface area contributed by atoms with Crippen molar-refractivity contribution in [2.45, 2.75) is 6.42 Å². The molecule has 0 spiro atoms. The average Bonchev–Trinajstić information content (AvgIpc) is 2.56. The van der Waals surface area contributed by atoms with Gasteiger partial charge in [0.05, 0.1) is 0 Å². The fourth-order valence-corrected chi connectivity index (χ4v) is 1.63. The van der Waals surface area contributed by atoms with Crippen LogP contribution in [0.25, 0.3) is 0 Å². The van der Waals surface area contributed by atoms with E-state index in [1.165, 1.54) is 0 Å². The van der Waals surface area contributed by atoms with Crippen LogP contribution < -0.4 is 0 Å². The first-order chi connectivity index (χ1) is 6.74. The first kappa shape index (κ1) is 9.86. The van der Waals surface area contributed by atoms with E-state index < -0.39 is 0 Å². The maximum atomic E-state index is 4.81. The van der Waals surface area contributed by atoms with E-state index in [2.05, 4.69) is 42.0 Å². The molecule has 0 unspecified atom stereocenters. The molecule has 0 aliphatic rings. The van der Waals surface area contributed by atoms with Gasteiger partial charge in [-0.25, -0.2) is 0 Å². The third-order valence-corrected chi connectivity index (χ3v) is 2.57. The molecule has 0 atom stereocenters. The monoisotopic (exact) mass is 316 g/mol. The van der Waals surface area contributed by atoms with E-state index >= 15 is 0 Å². The molecule has 0 amide bonds. The van der Waals surface area contributed by atoms with Crippen molar-refractivity contribution in [3.8, 4) is 0 Å². The van der Waals surface area contributed by atoms with E-state index in [0.29, 0.717) is 17.0 Å². The Balaban J connectivity index is 2.15. The number of rotatable bonds is 2. The molecule has 2 rings (SSSR count). The van der Waals surface area contributed by atoms with Crippen molar-refractivity contribution in [3.63, 3.8) is 0 Å². The van der Waals surface area contributed by atoms with Crippen LogP contribution in [0.2, 0.25) is 0 Å². The molecule has 3 nitrogen and oxygen atoms in total. The topological polar surface area (TPSA) is 38.9 Å². The van der Waals surface area contributed by atoms with Gasteiger partial charge in [-0.15, -0.1) is 0 Å². The zero-order valence-electron chi connectivity index (χ0n) is 7.08. The van der Waals surface area contributed by atoms with Crippen molar-refractivity contribution < 1.29 is 4.52 Å². The maximum absolute atomic E-state index is 4.81. The molecule has 14 heavy (non-hydrogen) atoms. The molecule has 0 radical (unpaired) electrons. The van der Waals surface area contributed by atoms with Crippen molar-refractivity contribution in [3.05, 3.63) is 44.9 Å². The van der Waals surface area contributed by atoms with Crippen molar-refractivity contribution in [1.29, 1.82) is 0 Å². The lowest BCUT2D eigenvalue weighted by Crippen LogP contribution is -1.89. The largest absolute Gasteiger partial charge is 0.327 e. The summed E-state index contributed by atoms with van der Waals surface area (Å²) in [6.45, 7) is 0. The summed E-state index contributed by atoms with van der Waals surface area (Å²) in [5.41, 5.74) is 1.15. The van der Waals surface area contributed by atoms with Gasteiger partial charge in [0.25, 0.3) is 4.80 Å². The molecule has 1 aromatic heterocycles. The zero-order chi connectivity index (χ0) is 9.97. The van der Waals surface area contributed by atoms with E-state index in [-0.39, 0.29) is 0 Å². The first-order valence-electron chi connectivity index (χ1n) is 3.96. The molecule has 72 valence electrons. The zero-order valence-corrected chi connectivity index (χ0v) is 10.2. The first-order valence-corrected chi connectivity index (χ1v) is 5.55. The van der Waals surface area contributed by atoms with Gasteiger partial charge in [0.1, 0.15) is 0 Å². The van der Waals surface area contributed by atoms with Gasteiger partial charge in [0.15, 0.2) is 5.82 Å². The fraction of sp³-hybridized carbons (Fsp3) is 0.111. The normalized spacial score (nSPS) is 10.4. The molecule has 0 aliphatic carbocycles. The lowest BCUT2D eigenvalue weighted by molar-refractivity contribution is 0.391.